The minimum atomic E-state index is -4.08. The maximum absolute atomic E-state index is 14.2. The summed E-state index contributed by atoms with van der Waals surface area (Å²) < 4.78 is 63.9. The number of phosphoric acid groups is 1. The molecule has 6 aromatic carbocycles. The average Bonchev–Trinajstić information content (AvgIpc) is 3.16. The van der Waals surface area contributed by atoms with Crippen molar-refractivity contribution < 1.29 is 36.5 Å². The third-order valence-electron chi connectivity index (χ3n) is 8.59. The van der Waals surface area contributed by atoms with Crippen molar-refractivity contribution >= 4 is 15.4 Å². The fourth-order valence-electron chi connectivity index (χ4n) is 5.51. The summed E-state index contributed by atoms with van der Waals surface area (Å²) in [4.78, 5) is 0. The Bertz CT molecular complexity index is 2040. The summed E-state index contributed by atoms with van der Waals surface area (Å²) in [5.74, 6) is 1.17. The topological polar surface area (TPSA) is 89.5 Å². The molecule has 10 heteroatoms. The van der Waals surface area contributed by atoms with Gasteiger partial charge in [-0.1, -0.05) is 123 Å². The first kappa shape index (κ1) is 37.5. The van der Waals surface area contributed by atoms with E-state index in [4.69, 9.17) is 27.4 Å². The van der Waals surface area contributed by atoms with Crippen molar-refractivity contribution in [1.82, 2.24) is 0 Å². The van der Waals surface area contributed by atoms with Gasteiger partial charge in [0.05, 0.1) is 6.10 Å². The Morgan fingerprint density at radius 3 is 1.21 bits per heavy atom. The summed E-state index contributed by atoms with van der Waals surface area (Å²) >= 11 is 0. The SMILES string of the molecule is CC(OP(=O)(Oc1ccccc1)Oc1ccccc1)c1ccc(C(C)(C)c2ccc(OC(C)P(=O)(Oc3ccccc3)Oc3ccccc3)cc2)cc1. The maximum Gasteiger partial charge on any atom is 0.588 e. The highest BCUT2D eigenvalue weighted by Gasteiger charge is 2.39. The molecule has 2 atom stereocenters. The van der Waals surface area contributed by atoms with E-state index in [1.807, 2.05) is 79.7 Å². The molecule has 272 valence electrons. The maximum atomic E-state index is 14.2. The molecular formula is C43H42O8P2. The smallest absolute Gasteiger partial charge is 0.476 e. The molecule has 0 N–H and O–H groups in total. The number of ether oxygens (including phenoxy) is 1. The van der Waals surface area contributed by atoms with E-state index < -0.39 is 32.8 Å². The Labute approximate surface area is 311 Å². The molecule has 6 aromatic rings. The van der Waals surface area contributed by atoms with Gasteiger partial charge in [0, 0.05) is 5.41 Å². The Morgan fingerprint density at radius 2 is 0.811 bits per heavy atom. The highest BCUT2D eigenvalue weighted by atomic mass is 31.2. The first-order chi connectivity index (χ1) is 25.5. The molecule has 0 saturated heterocycles. The molecule has 0 bridgehead atoms. The van der Waals surface area contributed by atoms with Gasteiger partial charge in [0.25, 0.3) is 0 Å². The molecule has 0 aliphatic heterocycles. The van der Waals surface area contributed by atoms with Crippen LogP contribution in [0.5, 0.6) is 28.7 Å². The van der Waals surface area contributed by atoms with Gasteiger partial charge in [0.2, 0.25) is 5.85 Å². The second kappa shape index (κ2) is 16.6. The third-order valence-corrected chi connectivity index (χ3v) is 12.0. The van der Waals surface area contributed by atoms with Crippen molar-refractivity contribution in [2.75, 3.05) is 0 Å². The van der Waals surface area contributed by atoms with E-state index in [1.165, 1.54) is 0 Å². The highest BCUT2D eigenvalue weighted by Crippen LogP contribution is 2.54. The molecule has 0 spiro atoms. The van der Waals surface area contributed by atoms with Crippen LogP contribution in [0.25, 0.3) is 0 Å². The van der Waals surface area contributed by atoms with Gasteiger partial charge in [0.1, 0.15) is 28.7 Å². The molecule has 0 aliphatic rings. The van der Waals surface area contributed by atoms with Crippen LogP contribution >= 0.6 is 15.4 Å². The first-order valence-electron chi connectivity index (χ1n) is 17.3. The predicted octanol–water partition coefficient (Wildman–Crippen LogP) is 12.4. The molecule has 53 heavy (non-hydrogen) atoms. The van der Waals surface area contributed by atoms with Crippen LogP contribution in [0.15, 0.2) is 170 Å². The minimum Gasteiger partial charge on any atom is -0.476 e. The van der Waals surface area contributed by atoms with Crippen molar-refractivity contribution in [3.05, 3.63) is 187 Å². The van der Waals surface area contributed by atoms with Crippen LogP contribution in [0, 0.1) is 0 Å². The molecule has 0 fully saturated rings. The van der Waals surface area contributed by atoms with Crippen molar-refractivity contribution in [3.63, 3.8) is 0 Å². The van der Waals surface area contributed by atoms with Crippen molar-refractivity contribution in [3.8, 4) is 28.7 Å². The molecule has 0 amide bonds. The zero-order valence-corrected chi connectivity index (χ0v) is 31.8. The van der Waals surface area contributed by atoms with E-state index in [-0.39, 0.29) is 0 Å². The number of rotatable bonds is 16. The second-order valence-electron chi connectivity index (χ2n) is 12.8. The molecule has 0 aliphatic carbocycles. The molecule has 0 radical (unpaired) electrons. The van der Waals surface area contributed by atoms with Gasteiger partial charge < -0.3 is 22.8 Å². The Morgan fingerprint density at radius 1 is 0.453 bits per heavy atom. The Hall–Kier alpha value is -5.26. The van der Waals surface area contributed by atoms with Gasteiger partial charge in [-0.3, -0.25) is 4.52 Å². The van der Waals surface area contributed by atoms with Crippen LogP contribution in [-0.2, 0) is 19.1 Å². The van der Waals surface area contributed by atoms with Crippen LogP contribution in [0.2, 0.25) is 0 Å². The zero-order valence-electron chi connectivity index (χ0n) is 30.0. The predicted molar refractivity (Wildman–Crippen MR) is 208 cm³/mol. The van der Waals surface area contributed by atoms with Crippen LogP contribution in [0.4, 0.5) is 0 Å². The van der Waals surface area contributed by atoms with Gasteiger partial charge in [-0.05, 0) is 91.2 Å². The molecule has 0 aromatic heterocycles. The summed E-state index contributed by atoms with van der Waals surface area (Å²) in [5, 5.41) is 0. The number of benzene rings is 6. The number of hydrogen-bond acceptors (Lipinski definition) is 8. The van der Waals surface area contributed by atoms with E-state index in [0.717, 1.165) is 16.7 Å². The third kappa shape index (κ3) is 9.79. The van der Waals surface area contributed by atoms with Gasteiger partial charge in [-0.2, -0.15) is 0 Å². The first-order valence-corrected chi connectivity index (χ1v) is 20.3. The molecule has 2 unspecified atom stereocenters. The van der Waals surface area contributed by atoms with Crippen LogP contribution in [0.1, 0.15) is 50.5 Å². The summed E-state index contributed by atoms with van der Waals surface area (Å²) in [6.45, 7) is 7.75. The fourth-order valence-corrected chi connectivity index (χ4v) is 8.32. The molecular weight excluding hydrogens is 706 g/mol. The number of hydrogen-bond donors (Lipinski definition) is 0. The zero-order chi connectivity index (χ0) is 37.3. The van der Waals surface area contributed by atoms with E-state index in [2.05, 4.69) is 13.8 Å². The van der Waals surface area contributed by atoms with Crippen molar-refractivity contribution in [2.45, 2.75) is 45.1 Å². The lowest BCUT2D eigenvalue weighted by molar-refractivity contribution is 0.156. The van der Waals surface area contributed by atoms with Gasteiger partial charge in [0.15, 0.2) is 0 Å². The number of phosphoric ester groups is 1. The lowest BCUT2D eigenvalue weighted by Crippen LogP contribution is -2.21. The van der Waals surface area contributed by atoms with Crippen molar-refractivity contribution in [1.29, 1.82) is 0 Å². The average molecular weight is 749 g/mol. The summed E-state index contributed by atoms with van der Waals surface area (Å²) in [7, 11) is -7.92. The van der Waals surface area contributed by atoms with Crippen LogP contribution in [0.3, 0.4) is 0 Å². The van der Waals surface area contributed by atoms with Gasteiger partial charge in [-0.15, -0.1) is 0 Å². The van der Waals surface area contributed by atoms with Crippen LogP contribution < -0.4 is 22.8 Å². The second-order valence-corrected chi connectivity index (χ2v) is 16.5. The van der Waals surface area contributed by atoms with Gasteiger partial charge in [-0.25, -0.2) is 9.13 Å². The molecule has 6 rings (SSSR count). The summed E-state index contributed by atoms with van der Waals surface area (Å²) in [6.07, 6.45) is -0.614. The monoisotopic (exact) mass is 748 g/mol. The standard InChI is InChI=1S/C43H42O8P2/c1-33(47-53(45,50-41-21-13-7-14-22-41)51-42-23-15-8-16-24-42)35-25-27-36(28-26-35)43(3,4)37-29-31-38(32-30-37)46-34(2)52(44,48-39-17-9-5-10-18-39)49-40-19-11-6-12-20-40/h5-34H,1-4H3. The quantitative estimate of drug-likeness (QED) is 0.0904. The summed E-state index contributed by atoms with van der Waals surface area (Å²) in [5.41, 5.74) is 2.50. The van der Waals surface area contributed by atoms with Crippen LogP contribution in [-0.4, -0.2) is 5.85 Å². The fraction of sp³-hybridized carbons (Fsp3) is 0.163. The van der Waals surface area contributed by atoms with Crippen molar-refractivity contribution in [2.24, 2.45) is 0 Å². The molecule has 8 nitrogen and oxygen atoms in total. The van der Waals surface area contributed by atoms with Gasteiger partial charge >= 0.3 is 15.4 Å². The number of para-hydroxylation sites is 4. The largest absolute Gasteiger partial charge is 0.588 e. The lowest BCUT2D eigenvalue weighted by atomic mass is 9.78. The highest BCUT2D eigenvalue weighted by molar-refractivity contribution is 7.55. The van der Waals surface area contributed by atoms with E-state index in [0.29, 0.717) is 28.7 Å². The van der Waals surface area contributed by atoms with E-state index in [1.54, 1.807) is 104 Å². The lowest BCUT2D eigenvalue weighted by Gasteiger charge is -2.28. The summed E-state index contributed by atoms with van der Waals surface area (Å²) in [6, 6.07) is 51.1. The van der Waals surface area contributed by atoms with E-state index >= 15 is 0 Å². The molecule has 0 heterocycles. The minimum absolute atomic E-state index is 0.372. The Kier molecular flexibility index (Phi) is 11.7. The Balaban J connectivity index is 1.14. The van der Waals surface area contributed by atoms with E-state index in [9.17, 15) is 9.13 Å². The normalized spacial score (nSPS) is 13.0. The molecule has 0 saturated carbocycles.